The molecule has 1 aromatic rings. The predicted molar refractivity (Wildman–Crippen MR) is 79.3 cm³/mol. The van der Waals surface area contributed by atoms with Gasteiger partial charge in [-0.1, -0.05) is 12.1 Å². The molecule has 19 heavy (non-hydrogen) atoms. The average molecular weight is 264 g/mol. The molecule has 2 N–H and O–H groups in total. The molecule has 0 bridgehead atoms. The summed E-state index contributed by atoms with van der Waals surface area (Å²) in [6.07, 6.45) is 3.80. The lowest BCUT2D eigenvalue weighted by Gasteiger charge is -2.22. The second-order valence-electron chi connectivity index (χ2n) is 5.96. The number of alkyl halides is 1. The Kier molecular flexibility index (Phi) is 4.81. The Bertz CT molecular complexity index is 375. The molecule has 0 unspecified atom stereocenters. The third kappa shape index (κ3) is 4.50. The first-order valence-corrected chi connectivity index (χ1v) is 7.30. The minimum atomic E-state index is -1.26. The van der Waals surface area contributed by atoms with Crippen LogP contribution in [0.2, 0.25) is 0 Å². The van der Waals surface area contributed by atoms with Crippen LogP contribution in [0.3, 0.4) is 0 Å². The molecule has 0 atom stereocenters. The van der Waals surface area contributed by atoms with E-state index in [2.05, 4.69) is 10.6 Å². The number of hydrogen-bond acceptors (Lipinski definition) is 2. The van der Waals surface area contributed by atoms with E-state index >= 15 is 0 Å². The highest BCUT2D eigenvalue weighted by Gasteiger charge is 2.18. The maximum absolute atomic E-state index is 13.7. The van der Waals surface area contributed by atoms with E-state index in [9.17, 15) is 4.39 Å². The van der Waals surface area contributed by atoms with Crippen LogP contribution < -0.4 is 10.6 Å². The molecule has 3 heteroatoms. The molecule has 1 aliphatic heterocycles. The van der Waals surface area contributed by atoms with Crippen LogP contribution in [0.1, 0.15) is 38.7 Å². The number of piperidine rings is 1. The second kappa shape index (κ2) is 6.38. The van der Waals surface area contributed by atoms with Crippen molar-refractivity contribution >= 4 is 5.69 Å². The van der Waals surface area contributed by atoms with E-state index in [1.807, 2.05) is 24.3 Å². The lowest BCUT2D eigenvalue weighted by molar-refractivity contribution is 0.221. The van der Waals surface area contributed by atoms with Gasteiger partial charge in [-0.25, -0.2) is 4.39 Å². The number of halogens is 1. The fourth-order valence-electron chi connectivity index (χ4n) is 2.58. The lowest BCUT2D eigenvalue weighted by Crippen LogP contribution is -2.28. The van der Waals surface area contributed by atoms with Crippen LogP contribution in [-0.4, -0.2) is 19.6 Å². The van der Waals surface area contributed by atoms with E-state index in [0.29, 0.717) is 0 Å². The Morgan fingerprint density at radius 1 is 1.21 bits per heavy atom. The zero-order chi connectivity index (χ0) is 13.7. The van der Waals surface area contributed by atoms with E-state index in [4.69, 9.17) is 0 Å². The normalized spacial score (nSPS) is 17.4. The van der Waals surface area contributed by atoms with Crippen molar-refractivity contribution in [1.82, 2.24) is 5.32 Å². The van der Waals surface area contributed by atoms with Gasteiger partial charge < -0.3 is 10.6 Å². The van der Waals surface area contributed by atoms with Gasteiger partial charge in [0, 0.05) is 12.2 Å². The standard InChI is InChI=1S/C16H25FN2/c1-16(2,17)14-3-5-15(6-4-14)19-12-9-13-7-10-18-11-8-13/h3-6,13,18-19H,7-12H2,1-2H3. The first-order chi connectivity index (χ1) is 9.05. The van der Waals surface area contributed by atoms with Crippen molar-refractivity contribution in [3.8, 4) is 0 Å². The third-order valence-electron chi connectivity index (χ3n) is 3.91. The van der Waals surface area contributed by atoms with Crippen molar-refractivity contribution < 1.29 is 4.39 Å². The van der Waals surface area contributed by atoms with E-state index in [-0.39, 0.29) is 0 Å². The summed E-state index contributed by atoms with van der Waals surface area (Å²) < 4.78 is 13.7. The number of rotatable bonds is 5. The quantitative estimate of drug-likeness (QED) is 0.847. The molecule has 1 aromatic carbocycles. The fourth-order valence-corrected chi connectivity index (χ4v) is 2.58. The van der Waals surface area contributed by atoms with Gasteiger partial charge in [0.1, 0.15) is 5.67 Å². The van der Waals surface area contributed by atoms with Crippen molar-refractivity contribution in [2.75, 3.05) is 25.0 Å². The average Bonchev–Trinajstić information content (AvgIpc) is 2.39. The molecule has 106 valence electrons. The highest BCUT2D eigenvalue weighted by Crippen LogP contribution is 2.25. The summed E-state index contributed by atoms with van der Waals surface area (Å²) >= 11 is 0. The maximum atomic E-state index is 13.7. The Hall–Kier alpha value is -1.09. The van der Waals surface area contributed by atoms with Gasteiger partial charge in [-0.2, -0.15) is 0 Å². The second-order valence-corrected chi connectivity index (χ2v) is 5.96. The Morgan fingerprint density at radius 2 is 1.84 bits per heavy atom. The van der Waals surface area contributed by atoms with E-state index in [0.717, 1.165) is 36.8 Å². The molecule has 1 saturated heterocycles. The Morgan fingerprint density at radius 3 is 2.42 bits per heavy atom. The first kappa shape index (κ1) is 14.3. The van der Waals surface area contributed by atoms with Crippen molar-refractivity contribution in [1.29, 1.82) is 0 Å². The highest BCUT2D eigenvalue weighted by atomic mass is 19.1. The molecule has 2 rings (SSSR count). The smallest absolute Gasteiger partial charge is 0.130 e. The third-order valence-corrected chi connectivity index (χ3v) is 3.91. The number of anilines is 1. The summed E-state index contributed by atoms with van der Waals surface area (Å²) in [5.41, 5.74) is 0.562. The Labute approximate surface area is 115 Å². The van der Waals surface area contributed by atoms with Crippen LogP contribution >= 0.6 is 0 Å². The van der Waals surface area contributed by atoms with Crippen LogP contribution in [0.15, 0.2) is 24.3 Å². The van der Waals surface area contributed by atoms with Gasteiger partial charge in [-0.3, -0.25) is 0 Å². The molecular weight excluding hydrogens is 239 g/mol. The summed E-state index contributed by atoms with van der Waals surface area (Å²) in [5.74, 6) is 0.845. The molecule has 0 radical (unpaired) electrons. The van der Waals surface area contributed by atoms with Gasteiger partial charge in [0.15, 0.2) is 0 Å². The summed E-state index contributed by atoms with van der Waals surface area (Å²) in [6, 6.07) is 7.68. The molecular formula is C16H25FN2. The summed E-state index contributed by atoms with van der Waals surface area (Å²) in [6.45, 7) is 6.50. The number of hydrogen-bond donors (Lipinski definition) is 2. The van der Waals surface area contributed by atoms with Crippen LogP contribution in [0.4, 0.5) is 10.1 Å². The van der Waals surface area contributed by atoms with Gasteiger partial charge in [-0.15, -0.1) is 0 Å². The lowest BCUT2D eigenvalue weighted by atomic mass is 9.95. The first-order valence-electron chi connectivity index (χ1n) is 7.30. The number of nitrogens with one attached hydrogen (secondary N) is 2. The monoisotopic (exact) mass is 264 g/mol. The molecule has 0 spiro atoms. The topological polar surface area (TPSA) is 24.1 Å². The SMILES string of the molecule is CC(C)(F)c1ccc(NCCC2CCNCC2)cc1. The molecule has 0 saturated carbocycles. The Balaban J connectivity index is 1.76. The van der Waals surface area contributed by atoms with E-state index in [1.165, 1.54) is 19.3 Å². The predicted octanol–water partition coefficient (Wildman–Crippen LogP) is 3.69. The van der Waals surface area contributed by atoms with Gasteiger partial charge >= 0.3 is 0 Å². The zero-order valence-electron chi connectivity index (χ0n) is 12.0. The zero-order valence-corrected chi connectivity index (χ0v) is 12.0. The molecule has 0 aromatic heterocycles. The fraction of sp³-hybridized carbons (Fsp3) is 0.625. The summed E-state index contributed by atoms with van der Waals surface area (Å²) in [5, 5.41) is 6.81. The van der Waals surface area contributed by atoms with Crippen LogP contribution in [0.5, 0.6) is 0 Å². The molecule has 1 aliphatic rings. The van der Waals surface area contributed by atoms with Crippen LogP contribution in [0.25, 0.3) is 0 Å². The molecule has 0 aliphatic carbocycles. The molecule has 1 fully saturated rings. The molecule has 0 amide bonds. The maximum Gasteiger partial charge on any atom is 0.130 e. The van der Waals surface area contributed by atoms with Gasteiger partial charge in [0.2, 0.25) is 0 Å². The van der Waals surface area contributed by atoms with Gasteiger partial charge in [0.25, 0.3) is 0 Å². The summed E-state index contributed by atoms with van der Waals surface area (Å²) in [7, 11) is 0. The summed E-state index contributed by atoms with van der Waals surface area (Å²) in [4.78, 5) is 0. The minimum absolute atomic E-state index is 0.733. The van der Waals surface area contributed by atoms with E-state index < -0.39 is 5.67 Å². The number of benzene rings is 1. The van der Waals surface area contributed by atoms with Crippen molar-refractivity contribution in [2.45, 2.75) is 38.8 Å². The van der Waals surface area contributed by atoms with Crippen molar-refractivity contribution in [2.24, 2.45) is 5.92 Å². The van der Waals surface area contributed by atoms with Crippen LogP contribution in [-0.2, 0) is 5.67 Å². The van der Waals surface area contributed by atoms with Gasteiger partial charge in [0.05, 0.1) is 0 Å². The van der Waals surface area contributed by atoms with Crippen LogP contribution in [0, 0.1) is 5.92 Å². The van der Waals surface area contributed by atoms with Crippen molar-refractivity contribution in [3.05, 3.63) is 29.8 Å². The minimum Gasteiger partial charge on any atom is -0.385 e. The molecule has 1 heterocycles. The van der Waals surface area contributed by atoms with Crippen molar-refractivity contribution in [3.63, 3.8) is 0 Å². The highest BCUT2D eigenvalue weighted by molar-refractivity contribution is 5.45. The molecule has 2 nitrogen and oxygen atoms in total. The largest absolute Gasteiger partial charge is 0.385 e. The van der Waals surface area contributed by atoms with Gasteiger partial charge in [-0.05, 0) is 69.8 Å². The van der Waals surface area contributed by atoms with E-state index in [1.54, 1.807) is 13.8 Å².